The van der Waals surface area contributed by atoms with E-state index >= 15 is 0 Å². The largest absolute Gasteiger partial charge is 0.480 e. The van der Waals surface area contributed by atoms with Gasteiger partial charge in [-0.25, -0.2) is 4.79 Å². The average Bonchev–Trinajstić information content (AvgIpc) is 2.32. The molecule has 0 aliphatic heterocycles. The molecule has 2 N–H and O–H groups in total. The number of aryl methyl sites for hydroxylation is 1. The molecule has 5 nitrogen and oxygen atoms in total. The minimum absolute atomic E-state index is 0.299. The molecule has 0 heterocycles. The first-order valence-electron chi connectivity index (χ1n) is 5.98. The van der Waals surface area contributed by atoms with Crippen LogP contribution in [0.3, 0.4) is 0 Å². The van der Waals surface area contributed by atoms with E-state index in [1.165, 1.54) is 4.90 Å². The first-order valence-corrected chi connectivity index (χ1v) is 6.77. The predicted octanol–water partition coefficient (Wildman–Crippen LogP) is 3.09. The zero-order chi connectivity index (χ0) is 14.4. The van der Waals surface area contributed by atoms with Crippen molar-refractivity contribution >= 4 is 33.6 Å². The number of hydrogen-bond donors (Lipinski definition) is 2. The number of carboxylic acids is 1. The van der Waals surface area contributed by atoms with Crippen LogP contribution in [0.25, 0.3) is 0 Å². The van der Waals surface area contributed by atoms with Crippen molar-refractivity contribution in [1.29, 1.82) is 0 Å². The summed E-state index contributed by atoms with van der Waals surface area (Å²) in [6.45, 7) is 3.88. The van der Waals surface area contributed by atoms with Gasteiger partial charge in [-0.3, -0.25) is 4.79 Å². The number of amides is 2. The Morgan fingerprint density at radius 1 is 1.42 bits per heavy atom. The number of carbonyl (C=O) groups excluding carboxylic acids is 1. The quantitative estimate of drug-likeness (QED) is 0.872. The van der Waals surface area contributed by atoms with E-state index in [9.17, 15) is 9.59 Å². The third-order valence-electron chi connectivity index (χ3n) is 2.55. The highest BCUT2D eigenvalue weighted by atomic mass is 79.9. The average molecular weight is 329 g/mol. The highest BCUT2D eigenvalue weighted by Crippen LogP contribution is 2.21. The molecule has 0 fully saturated rings. The number of benzene rings is 1. The van der Waals surface area contributed by atoms with Gasteiger partial charge in [0, 0.05) is 16.7 Å². The van der Waals surface area contributed by atoms with Crippen LogP contribution < -0.4 is 5.32 Å². The normalized spacial score (nSPS) is 10.1. The number of halogens is 1. The van der Waals surface area contributed by atoms with Crippen LogP contribution in [0.1, 0.15) is 18.9 Å². The standard InChI is InChI=1S/C13H17BrN2O3/c1-3-6-16(8-12(17)18)13(19)15-11-7-10(14)5-4-9(11)2/h4-5,7H,3,6,8H2,1-2H3,(H,15,19)(H,17,18). The summed E-state index contributed by atoms with van der Waals surface area (Å²) in [7, 11) is 0. The van der Waals surface area contributed by atoms with Crippen molar-refractivity contribution in [3.05, 3.63) is 28.2 Å². The molecule has 0 spiro atoms. The third kappa shape index (κ3) is 4.90. The molecule has 0 aliphatic rings. The first kappa shape index (κ1) is 15.5. The van der Waals surface area contributed by atoms with Crippen molar-refractivity contribution < 1.29 is 14.7 Å². The minimum atomic E-state index is -1.02. The van der Waals surface area contributed by atoms with Crippen molar-refractivity contribution in [2.75, 3.05) is 18.4 Å². The first-order chi connectivity index (χ1) is 8.93. The Balaban J connectivity index is 2.80. The van der Waals surface area contributed by atoms with E-state index < -0.39 is 12.0 Å². The van der Waals surface area contributed by atoms with Crippen LogP contribution in [0.15, 0.2) is 22.7 Å². The Labute approximate surface area is 120 Å². The maximum Gasteiger partial charge on any atom is 0.323 e. The molecule has 0 atom stereocenters. The van der Waals surface area contributed by atoms with Crippen LogP contribution in [0, 0.1) is 6.92 Å². The van der Waals surface area contributed by atoms with Crippen molar-refractivity contribution in [3.63, 3.8) is 0 Å². The van der Waals surface area contributed by atoms with E-state index in [1.54, 1.807) is 6.07 Å². The highest BCUT2D eigenvalue weighted by Gasteiger charge is 2.16. The molecule has 0 aromatic heterocycles. The lowest BCUT2D eigenvalue weighted by Crippen LogP contribution is -2.39. The number of aliphatic carboxylic acids is 1. The van der Waals surface area contributed by atoms with E-state index in [0.717, 1.165) is 10.0 Å². The number of carboxylic acid groups (broad SMARTS) is 1. The molecule has 1 rings (SSSR count). The third-order valence-corrected chi connectivity index (χ3v) is 3.04. The molecule has 0 saturated carbocycles. The number of hydrogen-bond acceptors (Lipinski definition) is 2. The van der Waals surface area contributed by atoms with Gasteiger partial charge >= 0.3 is 12.0 Å². The number of nitrogens with zero attached hydrogens (tertiary/aromatic N) is 1. The molecular weight excluding hydrogens is 312 g/mol. The molecule has 1 aromatic carbocycles. The molecule has 0 unspecified atom stereocenters. The number of nitrogens with one attached hydrogen (secondary N) is 1. The van der Waals surface area contributed by atoms with Crippen molar-refractivity contribution in [1.82, 2.24) is 4.90 Å². The fourth-order valence-electron chi connectivity index (χ4n) is 1.61. The molecule has 104 valence electrons. The van der Waals surface area contributed by atoms with Gasteiger partial charge in [0.15, 0.2) is 0 Å². The van der Waals surface area contributed by atoms with Gasteiger partial charge in [0.25, 0.3) is 0 Å². The van der Waals surface area contributed by atoms with Crippen LogP contribution in [0.2, 0.25) is 0 Å². The summed E-state index contributed by atoms with van der Waals surface area (Å²) >= 11 is 3.34. The van der Waals surface area contributed by atoms with Gasteiger partial charge in [-0.05, 0) is 31.0 Å². The lowest BCUT2D eigenvalue weighted by Gasteiger charge is -2.21. The topological polar surface area (TPSA) is 69.6 Å². The summed E-state index contributed by atoms with van der Waals surface area (Å²) in [5, 5.41) is 11.5. The van der Waals surface area contributed by atoms with Gasteiger partial charge in [-0.2, -0.15) is 0 Å². The number of urea groups is 1. The zero-order valence-corrected chi connectivity index (χ0v) is 12.5. The van der Waals surface area contributed by atoms with E-state index in [1.807, 2.05) is 26.0 Å². The molecule has 0 radical (unpaired) electrons. The number of carbonyl (C=O) groups is 2. The fourth-order valence-corrected chi connectivity index (χ4v) is 1.97. The molecule has 6 heteroatoms. The number of anilines is 1. The lowest BCUT2D eigenvalue weighted by atomic mass is 10.2. The van der Waals surface area contributed by atoms with Crippen LogP contribution in [-0.2, 0) is 4.79 Å². The summed E-state index contributed by atoms with van der Waals surface area (Å²) < 4.78 is 0.855. The number of rotatable bonds is 5. The maximum atomic E-state index is 12.0. The predicted molar refractivity (Wildman–Crippen MR) is 77.4 cm³/mol. The minimum Gasteiger partial charge on any atom is -0.480 e. The summed E-state index contributed by atoms with van der Waals surface area (Å²) in [5.74, 6) is -1.02. The summed E-state index contributed by atoms with van der Waals surface area (Å²) in [6.07, 6.45) is 0.707. The van der Waals surface area contributed by atoms with Crippen LogP contribution in [-0.4, -0.2) is 35.1 Å². The summed E-state index contributed by atoms with van der Waals surface area (Å²) in [4.78, 5) is 24.1. The van der Waals surface area contributed by atoms with Crippen LogP contribution in [0.4, 0.5) is 10.5 Å². The molecule has 19 heavy (non-hydrogen) atoms. The zero-order valence-electron chi connectivity index (χ0n) is 10.9. The van der Waals surface area contributed by atoms with Gasteiger partial charge < -0.3 is 15.3 Å². The van der Waals surface area contributed by atoms with Crippen LogP contribution >= 0.6 is 15.9 Å². The molecule has 0 bridgehead atoms. The monoisotopic (exact) mass is 328 g/mol. The summed E-state index contributed by atoms with van der Waals surface area (Å²) in [5.41, 5.74) is 1.59. The SMILES string of the molecule is CCCN(CC(=O)O)C(=O)Nc1cc(Br)ccc1C. The Morgan fingerprint density at radius 3 is 2.68 bits per heavy atom. The van der Waals surface area contributed by atoms with Gasteiger partial charge in [-0.1, -0.05) is 28.9 Å². The molecule has 1 aromatic rings. The Morgan fingerprint density at radius 2 is 2.11 bits per heavy atom. The smallest absolute Gasteiger partial charge is 0.323 e. The second-order valence-electron chi connectivity index (χ2n) is 4.20. The molecular formula is C13H17BrN2O3. The molecule has 0 aliphatic carbocycles. The molecule has 2 amide bonds. The van der Waals surface area contributed by atoms with Crippen molar-refractivity contribution in [3.8, 4) is 0 Å². The van der Waals surface area contributed by atoms with E-state index in [2.05, 4.69) is 21.2 Å². The van der Waals surface area contributed by atoms with Gasteiger partial charge in [-0.15, -0.1) is 0 Å². The lowest BCUT2D eigenvalue weighted by molar-refractivity contribution is -0.137. The Bertz CT molecular complexity index is 477. The van der Waals surface area contributed by atoms with E-state index in [4.69, 9.17) is 5.11 Å². The second kappa shape index (κ2) is 7.13. The Hall–Kier alpha value is -1.56. The fraction of sp³-hybridized carbons (Fsp3) is 0.385. The second-order valence-corrected chi connectivity index (χ2v) is 5.12. The van der Waals surface area contributed by atoms with Crippen molar-refractivity contribution in [2.24, 2.45) is 0 Å². The van der Waals surface area contributed by atoms with Crippen molar-refractivity contribution in [2.45, 2.75) is 20.3 Å². The van der Waals surface area contributed by atoms with Crippen LogP contribution in [0.5, 0.6) is 0 Å². The molecule has 0 saturated heterocycles. The van der Waals surface area contributed by atoms with E-state index in [0.29, 0.717) is 18.7 Å². The Kier molecular flexibility index (Phi) is 5.82. The highest BCUT2D eigenvalue weighted by molar-refractivity contribution is 9.10. The van der Waals surface area contributed by atoms with Gasteiger partial charge in [0.1, 0.15) is 6.54 Å². The van der Waals surface area contributed by atoms with Gasteiger partial charge in [0.05, 0.1) is 0 Å². The maximum absolute atomic E-state index is 12.0. The van der Waals surface area contributed by atoms with Gasteiger partial charge in [0.2, 0.25) is 0 Å². The summed E-state index contributed by atoms with van der Waals surface area (Å²) in [6, 6.07) is 5.15. The van der Waals surface area contributed by atoms with E-state index in [-0.39, 0.29) is 6.54 Å².